The van der Waals surface area contributed by atoms with E-state index in [0.29, 0.717) is 29.2 Å². The summed E-state index contributed by atoms with van der Waals surface area (Å²) >= 11 is 0. The number of carbonyl (C=O) groups is 1. The Balaban J connectivity index is 1.73. The SMILES string of the molecule is C=CCN(c1ccc(C(=O)N/N=C\c2ccc(O)c(OCC)c2)cc1)S(=O)(=O)c1ccccc1. The molecule has 0 saturated carbocycles. The van der Waals surface area contributed by atoms with Crippen LogP contribution in [0.5, 0.6) is 11.5 Å². The number of amides is 1. The summed E-state index contributed by atoms with van der Waals surface area (Å²) in [6.07, 6.45) is 2.92. The molecule has 1 amide bonds. The first-order valence-corrected chi connectivity index (χ1v) is 11.9. The molecule has 2 N–H and O–H groups in total. The highest BCUT2D eigenvalue weighted by molar-refractivity contribution is 7.92. The van der Waals surface area contributed by atoms with Crippen molar-refractivity contribution in [1.82, 2.24) is 5.43 Å². The van der Waals surface area contributed by atoms with E-state index in [1.165, 1.54) is 46.9 Å². The number of carbonyl (C=O) groups excluding carboxylic acids is 1. The fourth-order valence-corrected chi connectivity index (χ4v) is 4.53. The van der Waals surface area contributed by atoms with Crippen LogP contribution in [0, 0.1) is 0 Å². The van der Waals surface area contributed by atoms with Gasteiger partial charge in [0.15, 0.2) is 11.5 Å². The summed E-state index contributed by atoms with van der Waals surface area (Å²) in [5, 5.41) is 13.7. The minimum atomic E-state index is -3.80. The predicted molar refractivity (Wildman–Crippen MR) is 132 cm³/mol. The number of phenols is 1. The molecule has 0 aliphatic carbocycles. The minimum absolute atomic E-state index is 0.0166. The maximum absolute atomic E-state index is 13.1. The quantitative estimate of drug-likeness (QED) is 0.260. The Morgan fingerprint density at radius 2 is 1.82 bits per heavy atom. The van der Waals surface area contributed by atoms with Gasteiger partial charge in [-0.2, -0.15) is 5.10 Å². The molecule has 0 heterocycles. The van der Waals surface area contributed by atoms with Crippen LogP contribution in [0.2, 0.25) is 0 Å². The summed E-state index contributed by atoms with van der Waals surface area (Å²) in [7, 11) is -3.80. The number of nitrogens with zero attached hydrogens (tertiary/aromatic N) is 2. The lowest BCUT2D eigenvalue weighted by atomic mass is 10.2. The lowest BCUT2D eigenvalue weighted by molar-refractivity contribution is 0.0955. The number of anilines is 1. The highest BCUT2D eigenvalue weighted by atomic mass is 32.2. The highest BCUT2D eigenvalue weighted by Gasteiger charge is 2.23. The number of phenolic OH excluding ortho intramolecular Hbond substituents is 1. The molecule has 0 saturated heterocycles. The third-order valence-electron chi connectivity index (χ3n) is 4.71. The Labute approximate surface area is 198 Å². The summed E-state index contributed by atoms with van der Waals surface area (Å²) in [6, 6.07) is 19.0. The molecule has 0 aromatic heterocycles. The number of sulfonamides is 1. The first kappa shape index (κ1) is 24.5. The molecule has 0 unspecified atom stereocenters. The van der Waals surface area contributed by atoms with Gasteiger partial charge in [-0.05, 0) is 67.1 Å². The third kappa shape index (κ3) is 5.81. The van der Waals surface area contributed by atoms with E-state index < -0.39 is 15.9 Å². The molecular weight excluding hydrogens is 454 g/mol. The first-order chi connectivity index (χ1) is 16.4. The number of nitrogens with one attached hydrogen (secondary N) is 1. The Hall–Kier alpha value is -4.11. The second-order valence-electron chi connectivity index (χ2n) is 7.04. The van der Waals surface area contributed by atoms with Gasteiger partial charge >= 0.3 is 0 Å². The molecule has 176 valence electrons. The average Bonchev–Trinajstić information content (AvgIpc) is 2.85. The second-order valence-corrected chi connectivity index (χ2v) is 8.91. The van der Waals surface area contributed by atoms with E-state index in [4.69, 9.17) is 4.74 Å². The van der Waals surface area contributed by atoms with E-state index in [1.54, 1.807) is 49.4 Å². The van der Waals surface area contributed by atoms with Crippen LogP contribution < -0.4 is 14.5 Å². The molecule has 0 aliphatic rings. The van der Waals surface area contributed by atoms with Crippen molar-refractivity contribution in [3.8, 4) is 11.5 Å². The van der Waals surface area contributed by atoms with Crippen LogP contribution in [0.4, 0.5) is 5.69 Å². The van der Waals surface area contributed by atoms with Gasteiger partial charge in [-0.1, -0.05) is 24.3 Å². The van der Waals surface area contributed by atoms with E-state index >= 15 is 0 Å². The zero-order valence-corrected chi connectivity index (χ0v) is 19.4. The molecule has 0 radical (unpaired) electrons. The predicted octanol–water partition coefficient (Wildman–Crippen LogP) is 3.94. The average molecular weight is 480 g/mol. The van der Waals surface area contributed by atoms with Crippen LogP contribution in [-0.4, -0.2) is 38.8 Å². The summed E-state index contributed by atoms with van der Waals surface area (Å²) in [5.74, 6) is -0.126. The molecule has 3 aromatic rings. The first-order valence-electron chi connectivity index (χ1n) is 10.4. The number of benzene rings is 3. The highest BCUT2D eigenvalue weighted by Crippen LogP contribution is 2.26. The van der Waals surface area contributed by atoms with Gasteiger partial charge in [0.05, 0.1) is 29.9 Å². The summed E-state index contributed by atoms with van der Waals surface area (Å²) in [4.78, 5) is 12.6. The standard InChI is InChI=1S/C25H25N3O5S/c1-3-16-28(34(31,32)22-8-6-5-7-9-22)21-13-11-20(12-14-21)25(30)27-26-18-19-10-15-23(29)24(17-19)33-4-2/h3,5-15,17-18,29H,1,4,16H2,2H3,(H,27,30)/b26-18-. The van der Waals surface area contributed by atoms with E-state index in [9.17, 15) is 18.3 Å². The van der Waals surface area contributed by atoms with Gasteiger partial charge in [-0.15, -0.1) is 6.58 Å². The molecule has 34 heavy (non-hydrogen) atoms. The molecule has 0 fully saturated rings. The van der Waals surface area contributed by atoms with Gasteiger partial charge in [0.25, 0.3) is 15.9 Å². The molecule has 3 aromatic carbocycles. The van der Waals surface area contributed by atoms with Crippen LogP contribution in [0.15, 0.2) is 95.4 Å². The van der Waals surface area contributed by atoms with Crippen molar-refractivity contribution in [1.29, 1.82) is 0 Å². The van der Waals surface area contributed by atoms with Crippen molar-refractivity contribution in [2.75, 3.05) is 17.5 Å². The normalized spacial score (nSPS) is 11.2. The number of ether oxygens (including phenoxy) is 1. The van der Waals surface area contributed by atoms with E-state index in [0.717, 1.165) is 0 Å². The Kier molecular flexibility index (Phi) is 8.05. The number of aromatic hydroxyl groups is 1. The van der Waals surface area contributed by atoms with E-state index in [-0.39, 0.29) is 17.2 Å². The van der Waals surface area contributed by atoms with Crippen LogP contribution in [-0.2, 0) is 10.0 Å². The van der Waals surface area contributed by atoms with E-state index in [2.05, 4.69) is 17.1 Å². The maximum atomic E-state index is 13.1. The van der Waals surface area contributed by atoms with Crippen LogP contribution in [0.1, 0.15) is 22.8 Å². The third-order valence-corrected chi connectivity index (χ3v) is 6.52. The van der Waals surface area contributed by atoms with Gasteiger partial charge in [-0.3, -0.25) is 9.10 Å². The Morgan fingerprint density at radius 1 is 1.12 bits per heavy atom. The monoisotopic (exact) mass is 479 g/mol. The second kappa shape index (κ2) is 11.2. The van der Waals surface area contributed by atoms with Gasteiger partial charge in [-0.25, -0.2) is 13.8 Å². The fourth-order valence-electron chi connectivity index (χ4n) is 3.07. The van der Waals surface area contributed by atoms with Gasteiger partial charge in [0.1, 0.15) is 0 Å². The van der Waals surface area contributed by atoms with Crippen molar-refractivity contribution in [3.05, 3.63) is 96.6 Å². The zero-order chi connectivity index (χ0) is 24.6. The van der Waals surface area contributed by atoms with Crippen molar-refractivity contribution in [2.24, 2.45) is 5.10 Å². The summed E-state index contributed by atoms with van der Waals surface area (Å²) < 4.78 is 32.7. The fraction of sp³-hybridized carbons (Fsp3) is 0.120. The Morgan fingerprint density at radius 3 is 2.47 bits per heavy atom. The maximum Gasteiger partial charge on any atom is 0.271 e. The molecule has 0 atom stereocenters. The number of rotatable bonds is 10. The van der Waals surface area contributed by atoms with Crippen molar-refractivity contribution < 1.29 is 23.1 Å². The molecule has 3 rings (SSSR count). The minimum Gasteiger partial charge on any atom is -0.504 e. The van der Waals surface area contributed by atoms with Crippen molar-refractivity contribution >= 4 is 27.8 Å². The van der Waals surface area contributed by atoms with Gasteiger partial charge in [0.2, 0.25) is 0 Å². The van der Waals surface area contributed by atoms with Gasteiger partial charge in [0, 0.05) is 5.56 Å². The van der Waals surface area contributed by atoms with Crippen LogP contribution >= 0.6 is 0 Å². The zero-order valence-electron chi connectivity index (χ0n) is 18.6. The molecule has 0 spiro atoms. The topological polar surface area (TPSA) is 108 Å². The molecule has 9 heteroatoms. The van der Waals surface area contributed by atoms with Crippen molar-refractivity contribution in [3.63, 3.8) is 0 Å². The summed E-state index contributed by atoms with van der Waals surface area (Å²) in [5.41, 5.74) is 3.75. The number of hydrogen-bond acceptors (Lipinski definition) is 6. The molecule has 0 bridgehead atoms. The van der Waals surface area contributed by atoms with E-state index in [1.807, 2.05) is 0 Å². The smallest absolute Gasteiger partial charge is 0.271 e. The number of hydrogen-bond donors (Lipinski definition) is 2. The molecule has 0 aliphatic heterocycles. The van der Waals surface area contributed by atoms with Crippen LogP contribution in [0.25, 0.3) is 0 Å². The molecular formula is C25H25N3O5S. The van der Waals surface area contributed by atoms with Gasteiger partial charge < -0.3 is 9.84 Å². The Bertz CT molecular complexity index is 1270. The lowest BCUT2D eigenvalue weighted by Crippen LogP contribution is -2.31. The largest absolute Gasteiger partial charge is 0.504 e. The van der Waals surface area contributed by atoms with Crippen LogP contribution in [0.3, 0.4) is 0 Å². The summed E-state index contributed by atoms with van der Waals surface area (Å²) in [6.45, 7) is 5.93. The molecule has 8 nitrogen and oxygen atoms in total. The number of hydrazone groups is 1. The lowest BCUT2D eigenvalue weighted by Gasteiger charge is -2.23. The van der Waals surface area contributed by atoms with Crippen molar-refractivity contribution in [2.45, 2.75) is 11.8 Å².